The van der Waals surface area contributed by atoms with Gasteiger partial charge in [-0.3, -0.25) is 0 Å². The van der Waals surface area contributed by atoms with Gasteiger partial charge in [0, 0.05) is 5.02 Å². The van der Waals surface area contributed by atoms with E-state index >= 15 is 0 Å². The van der Waals surface area contributed by atoms with Crippen LogP contribution in [-0.4, -0.2) is 25.5 Å². The Bertz CT molecular complexity index is 866. The number of hydrogen-bond acceptors (Lipinski definition) is 5. The number of aliphatic imine (C=N–C) groups is 1. The Kier molecular flexibility index (Phi) is 3.51. The van der Waals surface area contributed by atoms with Gasteiger partial charge in [-0.05, 0) is 17.7 Å². The zero-order chi connectivity index (χ0) is 15.7. The van der Waals surface area contributed by atoms with E-state index in [9.17, 15) is 0 Å². The average Bonchev–Trinajstić information content (AvgIpc) is 2.81. The molecule has 0 bridgehead atoms. The fourth-order valence-corrected chi connectivity index (χ4v) is 2.31. The van der Waals surface area contributed by atoms with Crippen LogP contribution in [0.15, 0.2) is 35.6 Å². The molecule has 0 aliphatic rings. The molecule has 3 aromatic rings. The van der Waals surface area contributed by atoms with E-state index in [0.717, 1.165) is 5.56 Å². The summed E-state index contributed by atoms with van der Waals surface area (Å²) in [6.45, 7) is 0.536. The fourth-order valence-electron chi connectivity index (χ4n) is 2.09. The van der Waals surface area contributed by atoms with Crippen molar-refractivity contribution >= 4 is 40.5 Å². The number of nitrogens with two attached hydrogens (primary N) is 3. The Labute approximate surface area is 130 Å². The van der Waals surface area contributed by atoms with E-state index in [0.29, 0.717) is 22.7 Å². The van der Waals surface area contributed by atoms with Gasteiger partial charge in [-0.1, -0.05) is 23.7 Å². The van der Waals surface area contributed by atoms with Crippen molar-refractivity contribution in [1.29, 1.82) is 0 Å². The molecule has 0 atom stereocenters. The molecular formula is C13H13ClN8. The number of imidazole rings is 1. The smallest absolute Gasteiger partial charge is 0.224 e. The maximum absolute atomic E-state index is 5.99. The molecule has 2 aromatic heterocycles. The number of fused-ring (bicyclic) bond motifs is 1. The summed E-state index contributed by atoms with van der Waals surface area (Å²) in [6, 6.07) is 7.52. The van der Waals surface area contributed by atoms with E-state index in [1.165, 1.54) is 0 Å². The summed E-state index contributed by atoms with van der Waals surface area (Å²) in [5, 5.41) is 0.664. The molecule has 8 nitrogen and oxygen atoms in total. The number of rotatable bonds is 3. The van der Waals surface area contributed by atoms with Crippen LogP contribution in [0.25, 0.3) is 11.2 Å². The van der Waals surface area contributed by atoms with Crippen LogP contribution >= 0.6 is 11.6 Å². The first-order chi connectivity index (χ1) is 10.5. The molecule has 0 aliphatic carbocycles. The quantitative estimate of drug-likeness (QED) is 0.487. The first-order valence-corrected chi connectivity index (χ1v) is 6.73. The Morgan fingerprint density at radius 2 is 2.09 bits per heavy atom. The number of nitrogens with zero attached hydrogens (tertiary/aromatic N) is 5. The van der Waals surface area contributed by atoms with Gasteiger partial charge >= 0.3 is 0 Å². The molecule has 0 spiro atoms. The third kappa shape index (κ3) is 2.77. The molecule has 112 valence electrons. The molecule has 9 heteroatoms. The van der Waals surface area contributed by atoms with Gasteiger partial charge in [-0.15, -0.1) is 0 Å². The predicted octanol–water partition coefficient (Wildman–Crippen LogP) is 1.02. The molecule has 22 heavy (non-hydrogen) atoms. The zero-order valence-corrected chi connectivity index (χ0v) is 12.2. The zero-order valence-electron chi connectivity index (χ0n) is 11.4. The highest BCUT2D eigenvalue weighted by molar-refractivity contribution is 6.30. The van der Waals surface area contributed by atoms with Crippen molar-refractivity contribution < 1.29 is 0 Å². The number of aromatic nitrogens is 4. The highest BCUT2D eigenvalue weighted by Gasteiger charge is 2.12. The molecule has 0 aliphatic heterocycles. The number of anilines is 1. The standard InChI is InChI=1S/C13H13ClN8/c14-8-3-1-2-7(4-8)5-22-6-18-9-10(19-12(15)16)20-13(17)21-11(9)22/h1-4,6H,5H2,(H6,15,16,17,19,20,21). The Morgan fingerprint density at radius 3 is 2.82 bits per heavy atom. The Morgan fingerprint density at radius 1 is 1.27 bits per heavy atom. The van der Waals surface area contributed by atoms with Crippen LogP contribution in [0.4, 0.5) is 11.8 Å². The number of nitrogen functional groups attached to an aromatic ring is 1. The van der Waals surface area contributed by atoms with Crippen molar-refractivity contribution in [3.8, 4) is 0 Å². The second-order valence-corrected chi connectivity index (χ2v) is 5.05. The Hall–Kier alpha value is -2.87. The molecule has 3 rings (SSSR count). The van der Waals surface area contributed by atoms with Gasteiger partial charge < -0.3 is 21.8 Å². The van der Waals surface area contributed by atoms with Gasteiger partial charge in [0.05, 0.1) is 12.9 Å². The van der Waals surface area contributed by atoms with Crippen LogP contribution in [0.2, 0.25) is 5.02 Å². The molecule has 0 unspecified atom stereocenters. The Balaban J connectivity index is 2.08. The van der Waals surface area contributed by atoms with Crippen LogP contribution < -0.4 is 17.2 Å². The van der Waals surface area contributed by atoms with Gasteiger partial charge in [0.25, 0.3) is 0 Å². The minimum absolute atomic E-state index is 0.0698. The largest absolute Gasteiger partial charge is 0.370 e. The second kappa shape index (κ2) is 5.49. The molecule has 1 aromatic carbocycles. The summed E-state index contributed by atoms with van der Waals surface area (Å²) >= 11 is 5.99. The minimum Gasteiger partial charge on any atom is -0.370 e. The van der Waals surface area contributed by atoms with Crippen LogP contribution in [-0.2, 0) is 6.54 Å². The van der Waals surface area contributed by atoms with E-state index in [1.807, 2.05) is 28.8 Å². The summed E-state index contributed by atoms with van der Waals surface area (Å²) < 4.78 is 1.82. The molecule has 2 heterocycles. The maximum Gasteiger partial charge on any atom is 0.224 e. The van der Waals surface area contributed by atoms with Crippen LogP contribution in [0.5, 0.6) is 0 Å². The second-order valence-electron chi connectivity index (χ2n) is 4.62. The highest BCUT2D eigenvalue weighted by atomic mass is 35.5. The van der Waals surface area contributed by atoms with Crippen LogP contribution in [0.3, 0.4) is 0 Å². The molecule has 0 saturated carbocycles. The number of guanidine groups is 1. The van der Waals surface area contributed by atoms with E-state index in [2.05, 4.69) is 19.9 Å². The molecule has 0 radical (unpaired) electrons. The van der Waals surface area contributed by atoms with Gasteiger partial charge in [0.15, 0.2) is 22.9 Å². The molecular weight excluding hydrogens is 304 g/mol. The fraction of sp³-hybridized carbons (Fsp3) is 0.0769. The first-order valence-electron chi connectivity index (χ1n) is 6.35. The van der Waals surface area contributed by atoms with Gasteiger partial charge in [0.1, 0.15) is 0 Å². The number of hydrogen-bond donors (Lipinski definition) is 3. The van der Waals surface area contributed by atoms with Crippen molar-refractivity contribution in [3.05, 3.63) is 41.2 Å². The van der Waals surface area contributed by atoms with E-state index < -0.39 is 0 Å². The van der Waals surface area contributed by atoms with Crippen LogP contribution in [0, 0.1) is 0 Å². The van der Waals surface area contributed by atoms with Gasteiger partial charge in [-0.25, -0.2) is 4.98 Å². The predicted molar refractivity (Wildman–Crippen MR) is 85.8 cm³/mol. The van der Waals surface area contributed by atoms with Crippen molar-refractivity contribution in [3.63, 3.8) is 0 Å². The average molecular weight is 317 g/mol. The van der Waals surface area contributed by atoms with E-state index in [1.54, 1.807) is 6.33 Å². The summed E-state index contributed by atoms with van der Waals surface area (Å²) in [4.78, 5) is 16.4. The van der Waals surface area contributed by atoms with Gasteiger partial charge in [-0.2, -0.15) is 15.0 Å². The van der Waals surface area contributed by atoms with Crippen molar-refractivity contribution in [2.45, 2.75) is 6.54 Å². The monoisotopic (exact) mass is 316 g/mol. The van der Waals surface area contributed by atoms with E-state index in [-0.39, 0.29) is 17.7 Å². The molecule has 0 fully saturated rings. The van der Waals surface area contributed by atoms with E-state index in [4.69, 9.17) is 28.8 Å². The summed E-state index contributed by atoms with van der Waals surface area (Å²) in [7, 11) is 0. The summed E-state index contributed by atoms with van der Waals surface area (Å²) in [6.07, 6.45) is 1.63. The molecule has 6 N–H and O–H groups in total. The van der Waals surface area contributed by atoms with Gasteiger partial charge in [0.2, 0.25) is 5.95 Å². The lowest BCUT2D eigenvalue weighted by atomic mass is 10.2. The molecule has 0 saturated heterocycles. The topological polar surface area (TPSA) is 134 Å². The van der Waals surface area contributed by atoms with Crippen LogP contribution in [0.1, 0.15) is 5.56 Å². The first kappa shape index (κ1) is 14.1. The number of benzene rings is 1. The minimum atomic E-state index is -0.121. The maximum atomic E-state index is 5.99. The lowest BCUT2D eigenvalue weighted by Gasteiger charge is -2.05. The third-order valence-electron chi connectivity index (χ3n) is 2.94. The van der Waals surface area contributed by atoms with Crippen molar-refractivity contribution in [2.75, 3.05) is 5.73 Å². The summed E-state index contributed by atoms with van der Waals surface area (Å²) in [5.74, 6) is 0.191. The lowest BCUT2D eigenvalue weighted by molar-refractivity contribution is 0.814. The highest BCUT2D eigenvalue weighted by Crippen LogP contribution is 2.23. The summed E-state index contributed by atoms with van der Waals surface area (Å²) in [5.41, 5.74) is 18.5. The number of halogens is 1. The molecule has 0 amide bonds. The van der Waals surface area contributed by atoms with Crippen molar-refractivity contribution in [1.82, 2.24) is 19.5 Å². The lowest BCUT2D eigenvalue weighted by Crippen LogP contribution is -2.22. The normalized spacial score (nSPS) is 10.8. The SMILES string of the molecule is NC(N)=Nc1nc(N)nc2c1ncn2Cc1cccc(Cl)c1. The van der Waals surface area contributed by atoms with Crippen molar-refractivity contribution in [2.24, 2.45) is 16.5 Å². The third-order valence-corrected chi connectivity index (χ3v) is 3.17.